The fourth-order valence-electron chi connectivity index (χ4n) is 4.09. The van der Waals surface area contributed by atoms with E-state index in [1.54, 1.807) is 0 Å². The Bertz CT molecular complexity index is 1070. The van der Waals surface area contributed by atoms with Crippen LogP contribution in [0, 0.1) is 0 Å². The summed E-state index contributed by atoms with van der Waals surface area (Å²) < 4.78 is 19.0. The van der Waals surface area contributed by atoms with E-state index in [4.69, 9.17) is 14.2 Å². The SMILES string of the molecule is COCCOC(=O)OCOC(=O)c1ccc(C(=O)Nc2ccc3c(c2)C(C)(C)CCC3(C)C)cc1. The number of hydrogen-bond donors (Lipinski definition) is 1. The molecule has 1 N–H and O–H groups in total. The average Bonchev–Trinajstić information content (AvgIpc) is 2.82. The molecule has 0 spiro atoms. The van der Waals surface area contributed by atoms with Crippen molar-refractivity contribution >= 4 is 23.7 Å². The van der Waals surface area contributed by atoms with Gasteiger partial charge in [-0.3, -0.25) is 4.79 Å². The summed E-state index contributed by atoms with van der Waals surface area (Å²) in [5.41, 5.74) is 4.08. The van der Waals surface area contributed by atoms with Crippen molar-refractivity contribution in [2.45, 2.75) is 51.4 Å². The van der Waals surface area contributed by atoms with E-state index in [-0.39, 0.29) is 35.5 Å². The second-order valence-corrected chi connectivity index (χ2v) is 9.84. The summed E-state index contributed by atoms with van der Waals surface area (Å²) in [6.07, 6.45) is 1.25. The van der Waals surface area contributed by atoms with Gasteiger partial charge >= 0.3 is 12.1 Å². The lowest BCUT2D eigenvalue weighted by Gasteiger charge is -2.42. The molecule has 1 amide bonds. The van der Waals surface area contributed by atoms with E-state index in [1.807, 2.05) is 6.07 Å². The van der Waals surface area contributed by atoms with E-state index >= 15 is 0 Å². The first-order valence-electron chi connectivity index (χ1n) is 11.6. The van der Waals surface area contributed by atoms with Crippen LogP contribution >= 0.6 is 0 Å². The lowest BCUT2D eigenvalue weighted by molar-refractivity contribution is -0.0314. The molecule has 3 rings (SSSR count). The Morgan fingerprint density at radius 1 is 0.800 bits per heavy atom. The molecule has 35 heavy (non-hydrogen) atoms. The van der Waals surface area contributed by atoms with Crippen LogP contribution in [-0.4, -0.2) is 45.1 Å². The standard InChI is InChI=1S/C27H33NO7/c1-26(2)12-13-27(3,4)22-16-20(10-11-21(22)26)28-23(29)18-6-8-19(9-7-18)24(30)34-17-35-25(31)33-15-14-32-5/h6-11,16H,12-15,17H2,1-5H3,(H,28,29). The molecule has 0 atom stereocenters. The summed E-state index contributed by atoms with van der Waals surface area (Å²) in [6, 6.07) is 12.2. The molecular weight excluding hydrogens is 450 g/mol. The number of hydrogen-bond acceptors (Lipinski definition) is 7. The summed E-state index contributed by atoms with van der Waals surface area (Å²) in [4.78, 5) is 36.2. The number of esters is 1. The third kappa shape index (κ3) is 6.60. The zero-order valence-electron chi connectivity index (χ0n) is 20.9. The molecule has 0 radical (unpaired) electrons. The van der Waals surface area contributed by atoms with Gasteiger partial charge in [0.2, 0.25) is 6.79 Å². The van der Waals surface area contributed by atoms with E-state index in [1.165, 1.54) is 42.5 Å². The number of ether oxygens (including phenoxy) is 4. The number of fused-ring (bicyclic) bond motifs is 1. The molecule has 2 aromatic carbocycles. The maximum absolute atomic E-state index is 12.8. The normalized spacial score (nSPS) is 15.5. The van der Waals surface area contributed by atoms with Crippen molar-refractivity contribution in [3.05, 3.63) is 64.7 Å². The molecule has 2 aromatic rings. The summed E-state index contributed by atoms with van der Waals surface area (Å²) in [7, 11) is 1.47. The molecule has 0 saturated heterocycles. The molecule has 1 aliphatic rings. The molecule has 1 aliphatic carbocycles. The van der Waals surface area contributed by atoms with Crippen molar-refractivity contribution in [3.63, 3.8) is 0 Å². The number of amides is 1. The van der Waals surface area contributed by atoms with Gasteiger partial charge < -0.3 is 24.3 Å². The van der Waals surface area contributed by atoms with Gasteiger partial charge in [-0.15, -0.1) is 0 Å². The predicted molar refractivity (Wildman–Crippen MR) is 131 cm³/mol. The average molecular weight is 484 g/mol. The Morgan fingerprint density at radius 2 is 1.43 bits per heavy atom. The van der Waals surface area contributed by atoms with Gasteiger partial charge in [0.15, 0.2) is 0 Å². The van der Waals surface area contributed by atoms with Crippen LogP contribution in [0.15, 0.2) is 42.5 Å². The van der Waals surface area contributed by atoms with E-state index in [2.05, 4.69) is 49.9 Å². The van der Waals surface area contributed by atoms with Gasteiger partial charge in [-0.1, -0.05) is 33.8 Å². The zero-order chi connectivity index (χ0) is 25.6. The third-order valence-corrected chi connectivity index (χ3v) is 6.37. The van der Waals surface area contributed by atoms with Gasteiger partial charge in [0.25, 0.3) is 5.91 Å². The van der Waals surface area contributed by atoms with E-state index in [9.17, 15) is 14.4 Å². The van der Waals surface area contributed by atoms with Crippen LogP contribution < -0.4 is 5.32 Å². The van der Waals surface area contributed by atoms with E-state index in [0.29, 0.717) is 5.56 Å². The first-order chi connectivity index (χ1) is 16.5. The quantitative estimate of drug-likeness (QED) is 0.313. The van der Waals surface area contributed by atoms with Gasteiger partial charge in [-0.2, -0.15) is 0 Å². The van der Waals surface area contributed by atoms with Crippen LogP contribution in [0.2, 0.25) is 0 Å². The molecule has 8 nitrogen and oxygen atoms in total. The Kier molecular flexibility index (Phi) is 8.17. The van der Waals surface area contributed by atoms with Gasteiger partial charge in [0, 0.05) is 18.4 Å². The highest BCUT2D eigenvalue weighted by Crippen LogP contribution is 2.46. The number of rotatable bonds is 8. The largest absolute Gasteiger partial charge is 0.511 e. The number of anilines is 1. The Labute approximate surface area is 205 Å². The molecule has 0 aliphatic heterocycles. The Morgan fingerprint density at radius 3 is 2.09 bits per heavy atom. The summed E-state index contributed by atoms with van der Waals surface area (Å²) in [6.45, 7) is 8.67. The van der Waals surface area contributed by atoms with Crippen molar-refractivity contribution in [3.8, 4) is 0 Å². The molecular formula is C27H33NO7. The smallest absolute Gasteiger partial charge is 0.432 e. The van der Waals surface area contributed by atoms with Crippen molar-refractivity contribution in [1.29, 1.82) is 0 Å². The molecule has 188 valence electrons. The number of methoxy groups -OCH3 is 1. The van der Waals surface area contributed by atoms with E-state index in [0.717, 1.165) is 18.5 Å². The fourth-order valence-corrected chi connectivity index (χ4v) is 4.09. The number of benzene rings is 2. The molecule has 8 heteroatoms. The molecule has 0 heterocycles. The maximum Gasteiger partial charge on any atom is 0.511 e. The molecule has 0 fully saturated rings. The van der Waals surface area contributed by atoms with Crippen LogP contribution in [0.3, 0.4) is 0 Å². The molecule has 0 unspecified atom stereocenters. The van der Waals surface area contributed by atoms with Crippen LogP contribution in [0.25, 0.3) is 0 Å². The monoisotopic (exact) mass is 483 g/mol. The van der Waals surface area contributed by atoms with Gasteiger partial charge in [0.05, 0.1) is 12.2 Å². The van der Waals surface area contributed by atoms with E-state index < -0.39 is 18.9 Å². The maximum atomic E-state index is 12.8. The summed E-state index contributed by atoms with van der Waals surface area (Å²) in [5.74, 6) is -0.971. The highest BCUT2D eigenvalue weighted by molar-refractivity contribution is 6.05. The minimum atomic E-state index is -0.962. The van der Waals surface area contributed by atoms with Crippen molar-refractivity contribution in [2.24, 2.45) is 0 Å². The lowest BCUT2D eigenvalue weighted by Crippen LogP contribution is -2.33. The van der Waals surface area contributed by atoms with Gasteiger partial charge in [0.1, 0.15) is 6.61 Å². The number of carbonyl (C=O) groups is 3. The molecule has 0 aromatic heterocycles. The summed E-state index contributed by atoms with van der Waals surface area (Å²) in [5, 5.41) is 2.95. The van der Waals surface area contributed by atoms with Gasteiger partial charge in [-0.25, -0.2) is 9.59 Å². The molecule has 0 bridgehead atoms. The van der Waals surface area contributed by atoms with Crippen molar-refractivity contribution < 1.29 is 33.3 Å². The highest BCUT2D eigenvalue weighted by Gasteiger charge is 2.37. The minimum Gasteiger partial charge on any atom is -0.432 e. The zero-order valence-corrected chi connectivity index (χ0v) is 20.9. The van der Waals surface area contributed by atoms with Crippen LogP contribution in [0.5, 0.6) is 0 Å². The van der Waals surface area contributed by atoms with Crippen LogP contribution in [0.4, 0.5) is 10.5 Å². The third-order valence-electron chi connectivity index (χ3n) is 6.37. The first-order valence-corrected chi connectivity index (χ1v) is 11.6. The first kappa shape index (κ1) is 26.2. The fraction of sp³-hybridized carbons (Fsp3) is 0.444. The highest BCUT2D eigenvalue weighted by atomic mass is 16.8. The summed E-state index contributed by atoms with van der Waals surface area (Å²) >= 11 is 0. The van der Waals surface area contributed by atoms with Crippen molar-refractivity contribution in [1.82, 2.24) is 0 Å². The van der Waals surface area contributed by atoms with Gasteiger partial charge in [-0.05, 0) is 71.2 Å². The topological polar surface area (TPSA) is 100 Å². The second-order valence-electron chi connectivity index (χ2n) is 9.84. The second kappa shape index (κ2) is 10.9. The Hall–Kier alpha value is -3.39. The number of carbonyl (C=O) groups excluding carboxylic acids is 3. The number of nitrogens with one attached hydrogen (secondary N) is 1. The van der Waals surface area contributed by atoms with Crippen LogP contribution in [-0.2, 0) is 29.8 Å². The lowest BCUT2D eigenvalue weighted by atomic mass is 9.63. The molecule has 0 saturated carbocycles. The predicted octanol–water partition coefficient (Wildman–Crippen LogP) is 5.20. The van der Waals surface area contributed by atoms with Crippen LogP contribution in [0.1, 0.15) is 72.4 Å². The Balaban J connectivity index is 1.58. The van der Waals surface area contributed by atoms with Crippen molar-refractivity contribution in [2.75, 3.05) is 32.4 Å². The minimum absolute atomic E-state index is 0.0357.